The molecule has 0 aliphatic rings. The fourth-order valence-electron chi connectivity index (χ4n) is 2.23. The van der Waals surface area contributed by atoms with Crippen molar-refractivity contribution in [2.75, 3.05) is 5.73 Å². The van der Waals surface area contributed by atoms with Crippen LogP contribution in [0.15, 0.2) is 29.2 Å². The fraction of sp³-hybridized carbons (Fsp3) is 0.333. The Balaban J connectivity index is 2.28. The van der Waals surface area contributed by atoms with Crippen LogP contribution >= 0.6 is 11.3 Å². The second kappa shape index (κ2) is 5.79. The summed E-state index contributed by atoms with van der Waals surface area (Å²) in [4.78, 5) is 2.50. The first-order chi connectivity index (χ1) is 9.70. The van der Waals surface area contributed by atoms with Gasteiger partial charge in [0, 0.05) is 21.5 Å². The molecule has 1 aromatic carbocycles. The predicted octanol–water partition coefficient (Wildman–Crippen LogP) is 3.30. The maximum Gasteiger partial charge on any atom is 0.241 e. The fourth-order valence-corrected chi connectivity index (χ4v) is 4.51. The van der Waals surface area contributed by atoms with Crippen LogP contribution in [0.2, 0.25) is 0 Å². The minimum atomic E-state index is -3.58. The third-order valence-corrected chi connectivity index (χ3v) is 5.96. The van der Waals surface area contributed by atoms with Crippen LogP contribution in [0.5, 0.6) is 0 Å². The molecule has 1 atom stereocenters. The number of anilines is 1. The molecular weight excluding hydrogens is 304 g/mol. The molecule has 0 aliphatic heterocycles. The summed E-state index contributed by atoms with van der Waals surface area (Å²) in [6, 6.07) is 6.54. The summed E-state index contributed by atoms with van der Waals surface area (Å²) in [6.45, 7) is 7.72. The number of benzene rings is 1. The van der Waals surface area contributed by atoms with E-state index in [0.29, 0.717) is 5.69 Å². The minimum absolute atomic E-state index is 0.196. The summed E-state index contributed by atoms with van der Waals surface area (Å²) >= 11 is 1.67. The van der Waals surface area contributed by atoms with Gasteiger partial charge in [0.15, 0.2) is 0 Å². The second-order valence-corrected chi connectivity index (χ2v) is 8.40. The van der Waals surface area contributed by atoms with Gasteiger partial charge in [0.2, 0.25) is 10.0 Å². The van der Waals surface area contributed by atoms with E-state index in [4.69, 9.17) is 5.73 Å². The van der Waals surface area contributed by atoms with Crippen molar-refractivity contribution in [3.63, 3.8) is 0 Å². The van der Waals surface area contributed by atoms with E-state index in [1.54, 1.807) is 23.5 Å². The molecule has 1 aromatic heterocycles. The largest absolute Gasteiger partial charge is 0.398 e. The Morgan fingerprint density at radius 3 is 2.38 bits per heavy atom. The van der Waals surface area contributed by atoms with Crippen LogP contribution in [0.25, 0.3) is 0 Å². The van der Waals surface area contributed by atoms with E-state index in [9.17, 15) is 8.42 Å². The quantitative estimate of drug-likeness (QED) is 0.848. The van der Waals surface area contributed by atoms with Crippen molar-refractivity contribution in [3.8, 4) is 0 Å². The number of hydrogen-bond acceptors (Lipinski definition) is 4. The molecule has 114 valence electrons. The molecule has 2 rings (SSSR count). The maximum atomic E-state index is 12.4. The Hall–Kier alpha value is -1.37. The van der Waals surface area contributed by atoms with E-state index in [1.165, 1.54) is 10.9 Å². The van der Waals surface area contributed by atoms with Crippen LogP contribution in [0.1, 0.15) is 33.8 Å². The van der Waals surface area contributed by atoms with E-state index >= 15 is 0 Å². The van der Waals surface area contributed by atoms with Gasteiger partial charge in [-0.1, -0.05) is 6.07 Å². The molecule has 1 heterocycles. The first-order valence-electron chi connectivity index (χ1n) is 6.66. The molecule has 0 bridgehead atoms. The van der Waals surface area contributed by atoms with Gasteiger partial charge < -0.3 is 5.73 Å². The smallest absolute Gasteiger partial charge is 0.241 e. The van der Waals surface area contributed by atoms with Gasteiger partial charge in [0.25, 0.3) is 0 Å². The molecule has 21 heavy (non-hydrogen) atoms. The third-order valence-electron chi connectivity index (χ3n) is 3.44. The Bertz CT molecular complexity index is 764. The van der Waals surface area contributed by atoms with E-state index in [2.05, 4.69) is 4.72 Å². The topological polar surface area (TPSA) is 72.2 Å². The summed E-state index contributed by atoms with van der Waals surface area (Å²) in [7, 11) is -3.58. The molecule has 1 unspecified atom stereocenters. The molecule has 4 nitrogen and oxygen atoms in total. The van der Waals surface area contributed by atoms with Crippen LogP contribution in [-0.2, 0) is 10.0 Å². The van der Waals surface area contributed by atoms with Crippen LogP contribution in [0.3, 0.4) is 0 Å². The summed E-state index contributed by atoms with van der Waals surface area (Å²) in [5.74, 6) is 0. The number of thiophene rings is 1. The zero-order valence-corrected chi connectivity index (χ0v) is 14.2. The number of hydrogen-bond donors (Lipinski definition) is 2. The van der Waals surface area contributed by atoms with Crippen LogP contribution in [0.4, 0.5) is 5.69 Å². The highest BCUT2D eigenvalue weighted by Crippen LogP contribution is 2.27. The normalized spacial score (nSPS) is 13.3. The molecule has 0 fully saturated rings. The highest BCUT2D eigenvalue weighted by molar-refractivity contribution is 7.89. The summed E-state index contributed by atoms with van der Waals surface area (Å²) in [5.41, 5.74) is 8.16. The van der Waals surface area contributed by atoms with E-state index < -0.39 is 10.0 Å². The van der Waals surface area contributed by atoms with E-state index in [1.807, 2.05) is 33.8 Å². The molecule has 0 radical (unpaired) electrons. The number of nitrogen functional groups attached to an aromatic ring is 1. The molecule has 0 spiro atoms. The number of rotatable bonds is 4. The van der Waals surface area contributed by atoms with Gasteiger partial charge in [0.05, 0.1) is 4.90 Å². The molecular formula is C15H20N2O2S2. The Labute approximate surface area is 130 Å². The molecule has 3 N–H and O–H groups in total. The molecule has 6 heteroatoms. The SMILES string of the molecule is Cc1cc(C(C)NS(=O)(=O)c2ccc(C)c(N)c2)c(C)s1. The molecule has 0 amide bonds. The minimum Gasteiger partial charge on any atom is -0.398 e. The highest BCUT2D eigenvalue weighted by atomic mass is 32.2. The van der Waals surface area contributed by atoms with Crippen molar-refractivity contribution in [2.45, 2.75) is 38.6 Å². The number of nitrogens with two attached hydrogens (primary N) is 1. The zero-order valence-electron chi connectivity index (χ0n) is 12.6. The Morgan fingerprint density at radius 2 is 1.86 bits per heavy atom. The molecule has 2 aromatic rings. The predicted molar refractivity (Wildman–Crippen MR) is 88.1 cm³/mol. The van der Waals surface area contributed by atoms with Crippen LogP contribution < -0.4 is 10.5 Å². The monoisotopic (exact) mass is 324 g/mol. The van der Waals surface area contributed by atoms with E-state index in [-0.39, 0.29) is 10.9 Å². The van der Waals surface area contributed by atoms with Gasteiger partial charge in [-0.15, -0.1) is 11.3 Å². The molecule has 0 saturated carbocycles. The van der Waals surface area contributed by atoms with Crippen molar-refractivity contribution in [3.05, 3.63) is 45.1 Å². The maximum absolute atomic E-state index is 12.4. The van der Waals surface area contributed by atoms with Gasteiger partial charge in [-0.05, 0) is 57.0 Å². The zero-order chi connectivity index (χ0) is 15.8. The Morgan fingerprint density at radius 1 is 1.19 bits per heavy atom. The number of nitrogens with one attached hydrogen (secondary N) is 1. The van der Waals surface area contributed by atoms with Crippen molar-refractivity contribution < 1.29 is 8.42 Å². The molecule has 0 aliphatic carbocycles. The van der Waals surface area contributed by atoms with Crippen molar-refractivity contribution in [1.82, 2.24) is 4.72 Å². The lowest BCUT2D eigenvalue weighted by Gasteiger charge is -2.15. The van der Waals surface area contributed by atoms with Gasteiger partial charge in [-0.25, -0.2) is 13.1 Å². The lowest BCUT2D eigenvalue weighted by Crippen LogP contribution is -2.27. The summed E-state index contributed by atoms with van der Waals surface area (Å²) in [5, 5.41) is 0. The number of aryl methyl sites for hydroxylation is 3. The lowest BCUT2D eigenvalue weighted by molar-refractivity contribution is 0.567. The third kappa shape index (κ3) is 3.45. The Kier molecular flexibility index (Phi) is 4.41. The first-order valence-corrected chi connectivity index (χ1v) is 8.96. The van der Waals surface area contributed by atoms with Crippen LogP contribution in [-0.4, -0.2) is 8.42 Å². The number of sulfonamides is 1. The van der Waals surface area contributed by atoms with Crippen LogP contribution in [0, 0.1) is 20.8 Å². The second-order valence-electron chi connectivity index (χ2n) is 5.23. The average molecular weight is 324 g/mol. The van der Waals surface area contributed by atoms with Gasteiger partial charge in [-0.2, -0.15) is 0 Å². The van der Waals surface area contributed by atoms with Crippen molar-refractivity contribution >= 4 is 27.0 Å². The van der Waals surface area contributed by atoms with Gasteiger partial charge in [-0.3, -0.25) is 0 Å². The summed E-state index contributed by atoms with van der Waals surface area (Å²) < 4.78 is 27.6. The highest BCUT2D eigenvalue weighted by Gasteiger charge is 2.20. The first kappa shape index (κ1) is 16.0. The van der Waals surface area contributed by atoms with Gasteiger partial charge in [0.1, 0.15) is 0 Å². The van der Waals surface area contributed by atoms with E-state index in [0.717, 1.165) is 16.0 Å². The average Bonchev–Trinajstić information content (AvgIpc) is 2.71. The van der Waals surface area contributed by atoms with Crippen molar-refractivity contribution in [2.24, 2.45) is 0 Å². The summed E-state index contributed by atoms with van der Waals surface area (Å²) in [6.07, 6.45) is 0. The van der Waals surface area contributed by atoms with Gasteiger partial charge >= 0.3 is 0 Å². The standard InChI is InChI=1S/C15H20N2O2S2/c1-9-5-6-13(8-15(9)16)21(18,19)17-11(3)14-7-10(2)20-12(14)4/h5-8,11,17H,16H2,1-4H3. The lowest BCUT2D eigenvalue weighted by atomic mass is 10.1. The van der Waals surface area contributed by atoms with Crippen molar-refractivity contribution in [1.29, 1.82) is 0 Å². The molecule has 0 saturated heterocycles.